The largest absolute Gasteiger partial charge is 0.126 e. The van der Waals surface area contributed by atoms with E-state index in [0.717, 1.165) is 18.2 Å². The highest BCUT2D eigenvalue weighted by molar-refractivity contribution is 6.18. The van der Waals surface area contributed by atoms with Gasteiger partial charge >= 0.3 is 0 Å². The number of alkyl halides is 1. The molecule has 1 aromatic rings. The van der Waals surface area contributed by atoms with Crippen LogP contribution in [0.1, 0.15) is 44.6 Å². The fourth-order valence-corrected chi connectivity index (χ4v) is 3.82. The monoisotopic (exact) mass is 236 g/mol. The Balaban J connectivity index is 2.34. The summed E-state index contributed by atoms with van der Waals surface area (Å²) >= 11 is 6.34. The quantitative estimate of drug-likeness (QED) is 0.661. The molecule has 1 saturated carbocycles. The molecule has 2 rings (SSSR count). The first-order valence-electron chi connectivity index (χ1n) is 6.45. The van der Waals surface area contributed by atoms with E-state index >= 15 is 0 Å². The molecule has 0 nitrogen and oxygen atoms in total. The second-order valence-corrected chi connectivity index (χ2v) is 5.26. The third-order valence-corrected chi connectivity index (χ3v) is 4.83. The molecule has 1 aromatic carbocycles. The molecule has 0 amide bonds. The molecule has 1 heteroatoms. The minimum absolute atomic E-state index is 0.222. The van der Waals surface area contributed by atoms with Crippen LogP contribution in [0.4, 0.5) is 0 Å². The molecular weight excluding hydrogens is 216 g/mol. The van der Waals surface area contributed by atoms with Crippen LogP contribution in [0.15, 0.2) is 30.3 Å². The highest BCUT2D eigenvalue weighted by atomic mass is 35.5. The van der Waals surface area contributed by atoms with Gasteiger partial charge < -0.3 is 0 Å². The van der Waals surface area contributed by atoms with Gasteiger partial charge in [0.2, 0.25) is 0 Å². The van der Waals surface area contributed by atoms with Gasteiger partial charge in [0.25, 0.3) is 0 Å². The van der Waals surface area contributed by atoms with E-state index in [2.05, 4.69) is 37.3 Å². The number of halogens is 1. The second-order valence-electron chi connectivity index (χ2n) is 4.99. The van der Waals surface area contributed by atoms with Crippen LogP contribution in [0.25, 0.3) is 0 Å². The zero-order chi connectivity index (χ0) is 11.4. The highest BCUT2D eigenvalue weighted by Gasteiger charge is 2.39. The maximum absolute atomic E-state index is 6.34. The van der Waals surface area contributed by atoms with Crippen LogP contribution in [0, 0.1) is 5.92 Å². The van der Waals surface area contributed by atoms with Crippen LogP contribution in [0.2, 0.25) is 0 Å². The van der Waals surface area contributed by atoms with Crippen LogP contribution in [-0.2, 0) is 5.41 Å². The van der Waals surface area contributed by atoms with Crippen molar-refractivity contribution in [3.63, 3.8) is 0 Å². The molecule has 0 heterocycles. The molecule has 0 saturated heterocycles. The molecule has 0 bridgehead atoms. The summed E-state index contributed by atoms with van der Waals surface area (Å²) in [6.07, 6.45) is 6.64. The van der Waals surface area contributed by atoms with Crippen LogP contribution >= 0.6 is 11.6 Å². The van der Waals surface area contributed by atoms with E-state index in [0.29, 0.717) is 0 Å². The summed E-state index contributed by atoms with van der Waals surface area (Å²) < 4.78 is 0. The lowest BCUT2D eigenvalue weighted by atomic mass is 9.69. The zero-order valence-corrected chi connectivity index (χ0v) is 10.8. The number of hydrogen-bond acceptors (Lipinski definition) is 0. The lowest BCUT2D eigenvalue weighted by Gasteiger charge is -2.37. The Kier molecular flexibility index (Phi) is 3.91. The Bertz CT molecular complexity index is 307. The van der Waals surface area contributed by atoms with Gasteiger partial charge in [0.15, 0.2) is 0 Å². The first-order chi connectivity index (χ1) is 7.83. The molecule has 16 heavy (non-hydrogen) atoms. The summed E-state index contributed by atoms with van der Waals surface area (Å²) in [5.74, 6) is 1.55. The first kappa shape index (κ1) is 12.0. The van der Waals surface area contributed by atoms with E-state index in [4.69, 9.17) is 11.6 Å². The number of hydrogen-bond donors (Lipinski definition) is 0. The summed E-state index contributed by atoms with van der Waals surface area (Å²) in [7, 11) is 0. The molecule has 0 aromatic heterocycles. The average Bonchev–Trinajstić information content (AvgIpc) is 2.87. The predicted molar refractivity (Wildman–Crippen MR) is 71.1 cm³/mol. The number of benzene rings is 1. The van der Waals surface area contributed by atoms with Crippen molar-refractivity contribution in [2.24, 2.45) is 5.92 Å². The molecule has 1 aliphatic carbocycles. The lowest BCUT2D eigenvalue weighted by Crippen LogP contribution is -2.35. The normalized spacial score (nSPS) is 20.9. The Morgan fingerprint density at radius 1 is 1.19 bits per heavy atom. The number of rotatable bonds is 4. The van der Waals surface area contributed by atoms with Crippen molar-refractivity contribution >= 4 is 11.6 Å². The van der Waals surface area contributed by atoms with Crippen molar-refractivity contribution in [2.45, 2.75) is 44.4 Å². The minimum atomic E-state index is 0.222. The molecule has 1 unspecified atom stereocenters. The van der Waals surface area contributed by atoms with Crippen molar-refractivity contribution in [1.29, 1.82) is 0 Å². The van der Waals surface area contributed by atoms with Crippen molar-refractivity contribution in [3.05, 3.63) is 35.9 Å². The molecule has 88 valence electrons. The summed E-state index contributed by atoms with van der Waals surface area (Å²) in [4.78, 5) is 0. The van der Waals surface area contributed by atoms with Gasteiger partial charge in [-0.15, -0.1) is 11.6 Å². The van der Waals surface area contributed by atoms with Crippen LogP contribution in [0.5, 0.6) is 0 Å². The van der Waals surface area contributed by atoms with Crippen LogP contribution in [-0.4, -0.2) is 5.88 Å². The Hall–Kier alpha value is -0.490. The van der Waals surface area contributed by atoms with E-state index < -0.39 is 0 Å². The van der Waals surface area contributed by atoms with E-state index in [1.54, 1.807) is 0 Å². The van der Waals surface area contributed by atoms with Gasteiger partial charge in [0, 0.05) is 11.3 Å². The third kappa shape index (κ3) is 2.00. The molecule has 0 spiro atoms. The summed E-state index contributed by atoms with van der Waals surface area (Å²) in [5.41, 5.74) is 1.67. The molecule has 1 fully saturated rings. The van der Waals surface area contributed by atoms with Crippen molar-refractivity contribution in [3.8, 4) is 0 Å². The van der Waals surface area contributed by atoms with Crippen molar-refractivity contribution in [1.82, 2.24) is 0 Å². The average molecular weight is 237 g/mol. The maximum Gasteiger partial charge on any atom is 0.0323 e. The second kappa shape index (κ2) is 5.23. The first-order valence-corrected chi connectivity index (χ1v) is 6.98. The van der Waals surface area contributed by atoms with Crippen molar-refractivity contribution in [2.75, 3.05) is 5.88 Å². The lowest BCUT2D eigenvalue weighted by molar-refractivity contribution is 0.291. The maximum atomic E-state index is 6.34. The summed E-state index contributed by atoms with van der Waals surface area (Å²) in [5, 5.41) is 0. The molecule has 1 aliphatic rings. The van der Waals surface area contributed by atoms with Gasteiger partial charge in [0.05, 0.1) is 0 Å². The Labute approximate surface area is 104 Å². The summed E-state index contributed by atoms with van der Waals surface area (Å²) in [6, 6.07) is 10.9. The smallest absolute Gasteiger partial charge is 0.0323 e. The van der Waals surface area contributed by atoms with Gasteiger partial charge in [-0.05, 0) is 30.7 Å². The van der Waals surface area contributed by atoms with Crippen LogP contribution < -0.4 is 0 Å². The standard InChI is InChI=1S/C15H21Cl/c1-2-15(12-16,14-10-6-7-11-14)13-8-4-3-5-9-13/h3-5,8-9,14H,2,6-7,10-12H2,1H3. The predicted octanol–water partition coefficient (Wildman–Crippen LogP) is 4.76. The molecule has 0 radical (unpaired) electrons. The van der Waals surface area contributed by atoms with Gasteiger partial charge in [0.1, 0.15) is 0 Å². The molecular formula is C15H21Cl. The van der Waals surface area contributed by atoms with Crippen LogP contribution in [0.3, 0.4) is 0 Å². The third-order valence-electron chi connectivity index (χ3n) is 4.35. The van der Waals surface area contributed by atoms with E-state index in [1.807, 2.05) is 0 Å². The molecule has 0 N–H and O–H groups in total. The fraction of sp³-hybridized carbons (Fsp3) is 0.600. The van der Waals surface area contributed by atoms with E-state index in [-0.39, 0.29) is 5.41 Å². The van der Waals surface area contributed by atoms with Gasteiger partial charge in [-0.2, -0.15) is 0 Å². The topological polar surface area (TPSA) is 0 Å². The SMILES string of the molecule is CCC(CCl)(c1ccccc1)C1CCCC1. The molecule has 1 atom stereocenters. The summed E-state index contributed by atoms with van der Waals surface area (Å²) in [6.45, 7) is 2.29. The van der Waals surface area contributed by atoms with E-state index in [9.17, 15) is 0 Å². The molecule has 0 aliphatic heterocycles. The van der Waals surface area contributed by atoms with Gasteiger partial charge in [-0.1, -0.05) is 50.1 Å². The Morgan fingerprint density at radius 2 is 1.81 bits per heavy atom. The zero-order valence-electron chi connectivity index (χ0n) is 10.1. The fourth-order valence-electron chi connectivity index (χ4n) is 3.26. The minimum Gasteiger partial charge on any atom is -0.126 e. The van der Waals surface area contributed by atoms with Gasteiger partial charge in [-0.25, -0.2) is 0 Å². The van der Waals surface area contributed by atoms with E-state index in [1.165, 1.54) is 31.2 Å². The van der Waals surface area contributed by atoms with Crippen molar-refractivity contribution < 1.29 is 0 Å². The highest BCUT2D eigenvalue weighted by Crippen LogP contribution is 2.45. The Morgan fingerprint density at radius 3 is 2.31 bits per heavy atom. The van der Waals surface area contributed by atoms with Gasteiger partial charge in [-0.3, -0.25) is 0 Å².